The van der Waals surface area contributed by atoms with Crippen LogP contribution in [0.2, 0.25) is 0 Å². The minimum atomic E-state index is -0.175. The lowest BCUT2D eigenvalue weighted by atomic mass is 10.1. The first-order valence-corrected chi connectivity index (χ1v) is 6.84. The number of piperazine rings is 1. The Bertz CT molecular complexity index is 506. The number of carbonyl (C=O) groups is 1. The lowest BCUT2D eigenvalue weighted by Gasteiger charge is -2.35. The molecule has 0 bridgehead atoms. The highest BCUT2D eigenvalue weighted by molar-refractivity contribution is 9.10. The van der Waals surface area contributed by atoms with Crippen molar-refractivity contribution in [3.63, 3.8) is 0 Å². The lowest BCUT2D eigenvalue weighted by molar-refractivity contribution is -0.122. The molecule has 1 saturated heterocycles. The van der Waals surface area contributed by atoms with Crippen molar-refractivity contribution in [2.75, 3.05) is 18.0 Å². The summed E-state index contributed by atoms with van der Waals surface area (Å²) >= 11 is 8.45. The lowest BCUT2D eigenvalue weighted by Crippen LogP contribution is -2.54. The Hall–Kier alpha value is -1.14. The maximum Gasteiger partial charge on any atom is 0.242 e. The first-order valence-electron chi connectivity index (χ1n) is 5.64. The van der Waals surface area contributed by atoms with E-state index in [1.54, 1.807) is 0 Å². The van der Waals surface area contributed by atoms with E-state index in [2.05, 4.69) is 26.1 Å². The van der Waals surface area contributed by atoms with E-state index in [0.29, 0.717) is 11.5 Å². The predicted octanol–water partition coefficient (Wildman–Crippen LogP) is 1.41. The molecule has 3 N–H and O–H groups in total. The zero-order valence-electron chi connectivity index (χ0n) is 9.94. The molecule has 1 fully saturated rings. The number of hydrogen-bond acceptors (Lipinski definition) is 3. The van der Waals surface area contributed by atoms with E-state index in [0.717, 1.165) is 22.3 Å². The van der Waals surface area contributed by atoms with Crippen LogP contribution < -0.4 is 16.0 Å². The van der Waals surface area contributed by atoms with Crippen molar-refractivity contribution in [3.05, 3.63) is 28.2 Å². The van der Waals surface area contributed by atoms with Gasteiger partial charge in [-0.15, -0.1) is 0 Å². The van der Waals surface area contributed by atoms with Crippen molar-refractivity contribution < 1.29 is 4.79 Å². The molecule has 0 radical (unpaired) electrons. The summed E-state index contributed by atoms with van der Waals surface area (Å²) in [5.41, 5.74) is 7.39. The molecule has 0 aromatic heterocycles. The van der Waals surface area contributed by atoms with Crippen LogP contribution in [0.5, 0.6) is 0 Å². The standard InChI is InChI=1S/C12H14BrN3OS/c1-7-12(17)15-4-5-16(7)10-3-2-8(11(14)18)6-9(10)13/h2-3,6-7H,4-5H2,1H3,(H2,14,18)(H,15,17). The van der Waals surface area contributed by atoms with Gasteiger partial charge in [-0.1, -0.05) is 12.2 Å². The molecule has 2 rings (SSSR count). The number of thiocarbonyl (C=S) groups is 1. The van der Waals surface area contributed by atoms with Crippen molar-refractivity contribution in [1.29, 1.82) is 0 Å². The maximum atomic E-state index is 11.7. The average Bonchev–Trinajstić information content (AvgIpc) is 2.33. The van der Waals surface area contributed by atoms with Crippen molar-refractivity contribution in [2.45, 2.75) is 13.0 Å². The summed E-state index contributed by atoms with van der Waals surface area (Å²) < 4.78 is 0.898. The van der Waals surface area contributed by atoms with Gasteiger partial charge < -0.3 is 16.0 Å². The van der Waals surface area contributed by atoms with Gasteiger partial charge in [0.15, 0.2) is 0 Å². The predicted molar refractivity (Wildman–Crippen MR) is 79.8 cm³/mol. The van der Waals surface area contributed by atoms with Crippen LogP contribution in [0.3, 0.4) is 0 Å². The number of benzene rings is 1. The summed E-state index contributed by atoms with van der Waals surface area (Å²) in [6, 6.07) is 5.53. The van der Waals surface area contributed by atoms with Crippen molar-refractivity contribution in [3.8, 4) is 0 Å². The number of hydrogen-bond donors (Lipinski definition) is 2. The van der Waals surface area contributed by atoms with Gasteiger partial charge in [0.2, 0.25) is 5.91 Å². The third-order valence-electron chi connectivity index (χ3n) is 3.04. The average molecular weight is 328 g/mol. The number of anilines is 1. The second-order valence-corrected chi connectivity index (χ2v) is 5.49. The van der Waals surface area contributed by atoms with Crippen LogP contribution in [0.25, 0.3) is 0 Å². The molecule has 1 aliphatic heterocycles. The molecule has 0 saturated carbocycles. The molecule has 0 aliphatic carbocycles. The van der Waals surface area contributed by atoms with Crippen LogP contribution in [0.4, 0.5) is 5.69 Å². The number of nitrogens with one attached hydrogen (secondary N) is 1. The van der Waals surface area contributed by atoms with Crippen LogP contribution in [-0.2, 0) is 4.79 Å². The molecule has 1 unspecified atom stereocenters. The quantitative estimate of drug-likeness (QED) is 0.806. The molecule has 1 amide bonds. The Kier molecular flexibility index (Phi) is 3.87. The second kappa shape index (κ2) is 5.24. The first-order chi connectivity index (χ1) is 8.50. The first kappa shape index (κ1) is 13.3. The molecule has 1 heterocycles. The molecular weight excluding hydrogens is 314 g/mol. The van der Waals surface area contributed by atoms with Gasteiger partial charge in [0, 0.05) is 23.1 Å². The van der Waals surface area contributed by atoms with Gasteiger partial charge in [0.1, 0.15) is 11.0 Å². The number of rotatable bonds is 2. The minimum absolute atomic E-state index is 0.0478. The largest absolute Gasteiger partial charge is 0.389 e. The highest BCUT2D eigenvalue weighted by atomic mass is 79.9. The third kappa shape index (κ3) is 2.49. The fraction of sp³-hybridized carbons (Fsp3) is 0.333. The Morgan fingerprint density at radius 2 is 2.33 bits per heavy atom. The summed E-state index contributed by atoms with van der Waals surface area (Å²) in [6.07, 6.45) is 0. The van der Waals surface area contributed by atoms with Gasteiger partial charge >= 0.3 is 0 Å². The molecule has 1 aromatic carbocycles. The summed E-state index contributed by atoms with van der Waals surface area (Å²) in [5, 5.41) is 2.84. The van der Waals surface area contributed by atoms with E-state index in [9.17, 15) is 4.79 Å². The molecule has 1 aliphatic rings. The van der Waals surface area contributed by atoms with Gasteiger partial charge in [-0.05, 0) is 41.1 Å². The Labute approximate surface area is 120 Å². The monoisotopic (exact) mass is 327 g/mol. The molecule has 0 spiro atoms. The SMILES string of the molecule is CC1C(=O)NCCN1c1ccc(C(N)=S)cc1Br. The van der Waals surface area contributed by atoms with E-state index >= 15 is 0 Å². The summed E-state index contributed by atoms with van der Waals surface area (Å²) in [4.78, 5) is 14.1. The zero-order chi connectivity index (χ0) is 13.3. The number of amides is 1. The maximum absolute atomic E-state index is 11.7. The van der Waals surface area contributed by atoms with E-state index in [1.807, 2.05) is 25.1 Å². The van der Waals surface area contributed by atoms with Crippen molar-refractivity contribution >= 4 is 44.7 Å². The smallest absolute Gasteiger partial charge is 0.242 e. The summed E-state index contributed by atoms with van der Waals surface area (Å²) in [7, 11) is 0. The molecule has 1 aromatic rings. The number of carbonyl (C=O) groups excluding carboxylic acids is 1. The van der Waals surface area contributed by atoms with Gasteiger partial charge in [-0.3, -0.25) is 4.79 Å². The molecule has 6 heteroatoms. The number of halogens is 1. The van der Waals surface area contributed by atoms with Crippen molar-refractivity contribution in [2.24, 2.45) is 5.73 Å². The Balaban J connectivity index is 2.33. The molecule has 4 nitrogen and oxygen atoms in total. The van der Waals surface area contributed by atoms with E-state index in [-0.39, 0.29) is 11.9 Å². The molecular formula is C12H14BrN3OS. The van der Waals surface area contributed by atoms with Crippen LogP contribution in [0, 0.1) is 0 Å². The van der Waals surface area contributed by atoms with Crippen LogP contribution in [0.15, 0.2) is 22.7 Å². The van der Waals surface area contributed by atoms with E-state index < -0.39 is 0 Å². The normalized spacial score (nSPS) is 19.6. The van der Waals surface area contributed by atoms with Gasteiger partial charge in [0.05, 0.1) is 5.69 Å². The van der Waals surface area contributed by atoms with Crippen LogP contribution >= 0.6 is 28.1 Å². The highest BCUT2D eigenvalue weighted by Gasteiger charge is 2.26. The fourth-order valence-electron chi connectivity index (χ4n) is 2.00. The Morgan fingerprint density at radius 1 is 1.61 bits per heavy atom. The molecule has 96 valence electrons. The number of nitrogens with two attached hydrogens (primary N) is 1. The Morgan fingerprint density at radius 3 is 2.94 bits per heavy atom. The van der Waals surface area contributed by atoms with Crippen LogP contribution in [0.1, 0.15) is 12.5 Å². The third-order valence-corrected chi connectivity index (χ3v) is 3.91. The molecule has 1 atom stereocenters. The zero-order valence-corrected chi connectivity index (χ0v) is 12.3. The summed E-state index contributed by atoms with van der Waals surface area (Å²) in [5.74, 6) is 0.0478. The molecule has 18 heavy (non-hydrogen) atoms. The number of nitrogens with zero attached hydrogens (tertiary/aromatic N) is 1. The topological polar surface area (TPSA) is 58.4 Å². The minimum Gasteiger partial charge on any atom is -0.389 e. The van der Waals surface area contributed by atoms with Gasteiger partial charge in [0.25, 0.3) is 0 Å². The van der Waals surface area contributed by atoms with Gasteiger partial charge in [-0.2, -0.15) is 0 Å². The van der Waals surface area contributed by atoms with E-state index in [1.165, 1.54) is 0 Å². The van der Waals surface area contributed by atoms with E-state index in [4.69, 9.17) is 18.0 Å². The van der Waals surface area contributed by atoms with Crippen LogP contribution in [-0.4, -0.2) is 30.0 Å². The highest BCUT2D eigenvalue weighted by Crippen LogP contribution is 2.29. The van der Waals surface area contributed by atoms with Crippen molar-refractivity contribution in [1.82, 2.24) is 5.32 Å². The summed E-state index contributed by atoms with van der Waals surface area (Å²) in [6.45, 7) is 3.34. The second-order valence-electron chi connectivity index (χ2n) is 4.19. The van der Waals surface area contributed by atoms with Gasteiger partial charge in [-0.25, -0.2) is 0 Å². The fourth-order valence-corrected chi connectivity index (χ4v) is 2.74.